The van der Waals surface area contributed by atoms with Crippen molar-refractivity contribution in [2.24, 2.45) is 0 Å². The normalized spacial score (nSPS) is 10.5. The van der Waals surface area contributed by atoms with Crippen LogP contribution < -0.4 is 16.4 Å². The molecular weight excluding hydrogens is 286 g/mol. The number of nitrogens with zero attached hydrogens (tertiary/aromatic N) is 4. The molecule has 0 unspecified atom stereocenters. The second kappa shape index (κ2) is 6.79. The first kappa shape index (κ1) is 15.6. The van der Waals surface area contributed by atoms with Crippen LogP contribution >= 0.6 is 0 Å². The van der Waals surface area contributed by atoms with Crippen molar-refractivity contribution in [3.63, 3.8) is 0 Å². The Morgan fingerprint density at radius 1 is 1.18 bits per heavy atom. The van der Waals surface area contributed by atoms with Gasteiger partial charge in [-0.05, 0) is 19.9 Å². The molecule has 0 aromatic carbocycles. The molecule has 2 heterocycles. The third kappa shape index (κ3) is 4.11. The zero-order valence-electron chi connectivity index (χ0n) is 12.4. The molecule has 0 aliphatic rings. The number of hydrogen-bond donors (Lipinski definition) is 1. The van der Waals surface area contributed by atoms with Gasteiger partial charge in [0.05, 0.1) is 18.6 Å². The number of hydrogen-bond acceptors (Lipinski definition) is 5. The highest BCUT2D eigenvalue weighted by Crippen LogP contribution is 1.87. The number of aromatic nitrogens is 4. The van der Waals surface area contributed by atoms with Crippen molar-refractivity contribution in [1.29, 1.82) is 0 Å². The Morgan fingerprint density at radius 3 is 2.68 bits per heavy atom. The second-order valence-corrected chi connectivity index (χ2v) is 4.88. The summed E-state index contributed by atoms with van der Waals surface area (Å²) < 4.78 is 2.51. The number of carbonyl (C=O) groups is 1. The van der Waals surface area contributed by atoms with Crippen molar-refractivity contribution in [2.45, 2.75) is 26.9 Å². The predicted octanol–water partition coefficient (Wildman–Crippen LogP) is -0.767. The van der Waals surface area contributed by atoms with Gasteiger partial charge in [0.1, 0.15) is 6.54 Å². The summed E-state index contributed by atoms with van der Waals surface area (Å²) in [6, 6.07) is 4.43. The van der Waals surface area contributed by atoms with Crippen LogP contribution in [0.25, 0.3) is 0 Å². The zero-order chi connectivity index (χ0) is 16.1. The van der Waals surface area contributed by atoms with E-state index in [0.717, 1.165) is 5.69 Å². The molecule has 0 saturated heterocycles. The van der Waals surface area contributed by atoms with Gasteiger partial charge in [0.2, 0.25) is 5.91 Å². The van der Waals surface area contributed by atoms with Gasteiger partial charge >= 0.3 is 0 Å². The van der Waals surface area contributed by atoms with Crippen molar-refractivity contribution in [2.75, 3.05) is 6.54 Å². The van der Waals surface area contributed by atoms with Gasteiger partial charge < -0.3 is 5.32 Å². The molecule has 0 aliphatic heterocycles. The Labute approximate surface area is 126 Å². The van der Waals surface area contributed by atoms with E-state index >= 15 is 0 Å². The van der Waals surface area contributed by atoms with Gasteiger partial charge in [-0.2, -0.15) is 5.10 Å². The van der Waals surface area contributed by atoms with E-state index in [9.17, 15) is 14.4 Å². The molecule has 2 aromatic rings. The molecule has 1 amide bonds. The lowest BCUT2D eigenvalue weighted by atomic mass is 10.4. The molecule has 8 heteroatoms. The maximum atomic E-state index is 11.8. The minimum absolute atomic E-state index is 0.109. The Morgan fingerprint density at radius 2 is 1.95 bits per heavy atom. The first-order valence-corrected chi connectivity index (χ1v) is 6.80. The molecule has 0 fully saturated rings. The first-order chi connectivity index (χ1) is 10.5. The molecule has 0 radical (unpaired) electrons. The zero-order valence-corrected chi connectivity index (χ0v) is 12.4. The molecule has 8 nitrogen and oxygen atoms in total. The van der Waals surface area contributed by atoms with Crippen molar-refractivity contribution in [3.05, 3.63) is 56.6 Å². The van der Waals surface area contributed by atoms with Crippen LogP contribution in [0.2, 0.25) is 0 Å². The molecule has 0 atom stereocenters. The number of nitrogens with one attached hydrogen (secondary N) is 1. The lowest BCUT2D eigenvalue weighted by Gasteiger charge is -2.08. The minimum Gasteiger partial charge on any atom is -0.353 e. The van der Waals surface area contributed by atoms with Gasteiger partial charge in [-0.15, -0.1) is 0 Å². The van der Waals surface area contributed by atoms with Gasteiger partial charge in [-0.3, -0.25) is 19.0 Å². The molecule has 2 aromatic heterocycles. The van der Waals surface area contributed by atoms with E-state index in [1.807, 2.05) is 0 Å². The smallest absolute Gasteiger partial charge is 0.266 e. The summed E-state index contributed by atoms with van der Waals surface area (Å²) in [4.78, 5) is 38.9. The monoisotopic (exact) mass is 303 g/mol. The van der Waals surface area contributed by atoms with Gasteiger partial charge in [-0.1, -0.05) is 0 Å². The predicted molar refractivity (Wildman–Crippen MR) is 79.5 cm³/mol. The lowest BCUT2D eigenvalue weighted by molar-refractivity contribution is -0.121. The fraction of sp³-hybridized carbons (Fsp3) is 0.357. The molecule has 0 bridgehead atoms. The second-order valence-electron chi connectivity index (χ2n) is 4.88. The molecule has 116 valence electrons. The molecule has 0 saturated carbocycles. The van der Waals surface area contributed by atoms with Gasteiger partial charge in [-0.25, -0.2) is 9.67 Å². The van der Waals surface area contributed by atoms with Crippen LogP contribution in [-0.2, 0) is 17.9 Å². The van der Waals surface area contributed by atoms with Crippen LogP contribution in [0.15, 0.2) is 34.1 Å². The molecule has 2 rings (SSSR count). The fourth-order valence-corrected chi connectivity index (χ4v) is 1.86. The van der Waals surface area contributed by atoms with E-state index in [2.05, 4.69) is 15.4 Å². The molecular formula is C14H17N5O3. The lowest BCUT2D eigenvalue weighted by Crippen LogP contribution is -2.35. The van der Waals surface area contributed by atoms with E-state index in [1.54, 1.807) is 19.9 Å². The molecule has 0 aliphatic carbocycles. The number of aryl methyl sites for hydroxylation is 2. The summed E-state index contributed by atoms with van der Waals surface area (Å²) in [5.41, 5.74) is 0.827. The summed E-state index contributed by atoms with van der Waals surface area (Å²) in [5.74, 6) is -0.326. The highest BCUT2D eigenvalue weighted by molar-refractivity contribution is 5.75. The van der Waals surface area contributed by atoms with Crippen molar-refractivity contribution >= 4 is 5.91 Å². The quantitative estimate of drug-likeness (QED) is 0.782. The number of carbonyl (C=O) groups excluding carboxylic acids is 1. The van der Waals surface area contributed by atoms with Crippen molar-refractivity contribution < 1.29 is 4.79 Å². The third-order valence-corrected chi connectivity index (χ3v) is 2.98. The minimum atomic E-state index is -0.326. The van der Waals surface area contributed by atoms with Gasteiger partial charge in [0.15, 0.2) is 0 Å². The Bertz CT molecular complexity index is 794. The summed E-state index contributed by atoms with van der Waals surface area (Å²) in [6.45, 7) is 3.91. The summed E-state index contributed by atoms with van der Waals surface area (Å²) >= 11 is 0. The number of rotatable bonds is 5. The van der Waals surface area contributed by atoms with Crippen LogP contribution in [0.5, 0.6) is 0 Å². The average molecular weight is 303 g/mol. The Hall–Kier alpha value is -2.77. The van der Waals surface area contributed by atoms with Crippen LogP contribution in [0, 0.1) is 13.8 Å². The van der Waals surface area contributed by atoms with Crippen molar-refractivity contribution in [1.82, 2.24) is 24.6 Å². The molecule has 1 N–H and O–H groups in total. The molecule has 22 heavy (non-hydrogen) atoms. The van der Waals surface area contributed by atoms with Crippen molar-refractivity contribution in [3.8, 4) is 0 Å². The molecule has 0 spiro atoms. The Balaban J connectivity index is 1.89. The summed E-state index contributed by atoms with van der Waals surface area (Å²) in [7, 11) is 0. The third-order valence-electron chi connectivity index (χ3n) is 2.98. The van der Waals surface area contributed by atoms with Gasteiger partial charge in [0.25, 0.3) is 11.1 Å². The van der Waals surface area contributed by atoms with Crippen LogP contribution in [0.4, 0.5) is 0 Å². The van der Waals surface area contributed by atoms with E-state index in [4.69, 9.17) is 0 Å². The average Bonchev–Trinajstić information content (AvgIpc) is 2.46. The highest BCUT2D eigenvalue weighted by atomic mass is 16.2. The van der Waals surface area contributed by atoms with Crippen LogP contribution in [0.3, 0.4) is 0 Å². The van der Waals surface area contributed by atoms with Crippen LogP contribution in [-0.4, -0.2) is 31.8 Å². The van der Waals surface area contributed by atoms with Crippen LogP contribution in [0.1, 0.15) is 11.4 Å². The summed E-state index contributed by atoms with van der Waals surface area (Å²) in [5, 5.41) is 6.71. The SMILES string of the molecule is Cc1cc(=O)n(CC(=O)NCCn2nc(C)ccc2=O)cn1. The van der Waals surface area contributed by atoms with E-state index in [0.29, 0.717) is 5.69 Å². The standard InChI is InChI=1S/C14H17N5O3/c1-10-3-4-13(21)19(17-10)6-5-15-12(20)8-18-9-16-11(2)7-14(18)22/h3-4,7,9H,5-6,8H2,1-2H3,(H,15,20). The topological polar surface area (TPSA) is 98.9 Å². The van der Waals surface area contributed by atoms with E-state index in [1.165, 1.54) is 27.7 Å². The first-order valence-electron chi connectivity index (χ1n) is 6.80. The van der Waals surface area contributed by atoms with E-state index in [-0.39, 0.29) is 36.7 Å². The highest BCUT2D eigenvalue weighted by Gasteiger charge is 2.05. The number of amides is 1. The fourth-order valence-electron chi connectivity index (χ4n) is 1.86. The van der Waals surface area contributed by atoms with Gasteiger partial charge in [0, 0.05) is 24.4 Å². The largest absolute Gasteiger partial charge is 0.353 e. The summed E-state index contributed by atoms with van der Waals surface area (Å²) in [6.07, 6.45) is 1.34. The van der Waals surface area contributed by atoms with E-state index < -0.39 is 0 Å². The maximum Gasteiger partial charge on any atom is 0.266 e. The Kier molecular flexibility index (Phi) is 4.82. The maximum absolute atomic E-state index is 11.8.